The molecule has 0 radical (unpaired) electrons. The Bertz CT molecular complexity index is 3280. The van der Waals surface area contributed by atoms with Crippen molar-refractivity contribution in [1.82, 2.24) is 9.13 Å². The van der Waals surface area contributed by atoms with E-state index in [4.69, 9.17) is 0 Å². The first-order valence-electron chi connectivity index (χ1n) is 19.8. The summed E-state index contributed by atoms with van der Waals surface area (Å²) in [5, 5.41) is 5.05. The van der Waals surface area contributed by atoms with Crippen molar-refractivity contribution in [1.29, 1.82) is 0 Å². The van der Waals surface area contributed by atoms with Gasteiger partial charge >= 0.3 is 0 Å². The van der Waals surface area contributed by atoms with E-state index in [1.54, 1.807) is 0 Å². The number of rotatable bonds is 5. The van der Waals surface area contributed by atoms with Crippen molar-refractivity contribution < 1.29 is 0 Å². The quantitative estimate of drug-likeness (QED) is 0.167. The minimum atomic E-state index is -0.473. The Labute approximate surface area is 331 Å². The fourth-order valence-corrected chi connectivity index (χ4v) is 10.1. The first-order valence-corrected chi connectivity index (χ1v) is 19.8. The zero-order chi connectivity index (χ0) is 37.5. The summed E-state index contributed by atoms with van der Waals surface area (Å²) in [6.45, 7) is 0. The molecule has 2 heterocycles. The van der Waals surface area contributed by atoms with Crippen molar-refractivity contribution in [2.24, 2.45) is 0 Å². The lowest BCUT2D eigenvalue weighted by Crippen LogP contribution is -2.28. The Morgan fingerprint density at radius 1 is 0.316 bits per heavy atom. The average Bonchev–Trinajstić information content (AvgIpc) is 3.91. The molecule has 0 unspecified atom stereocenters. The molecule has 1 aliphatic carbocycles. The summed E-state index contributed by atoms with van der Waals surface area (Å²) in [6, 6.07) is 80.5. The van der Waals surface area contributed by atoms with Crippen LogP contribution in [0.25, 0.3) is 77.2 Å². The van der Waals surface area contributed by atoms with Crippen LogP contribution in [-0.2, 0) is 5.41 Å². The van der Waals surface area contributed by atoms with Crippen molar-refractivity contribution in [3.8, 4) is 33.6 Å². The Balaban J connectivity index is 1.17. The van der Waals surface area contributed by atoms with Crippen LogP contribution in [0.5, 0.6) is 0 Å². The van der Waals surface area contributed by atoms with Gasteiger partial charge in [0.25, 0.3) is 0 Å². The largest absolute Gasteiger partial charge is 0.309 e. The van der Waals surface area contributed by atoms with Crippen LogP contribution in [0.4, 0.5) is 0 Å². The van der Waals surface area contributed by atoms with E-state index in [0.717, 1.165) is 5.69 Å². The number of hydrogen-bond donors (Lipinski definition) is 0. The van der Waals surface area contributed by atoms with Crippen LogP contribution in [-0.4, -0.2) is 9.13 Å². The van der Waals surface area contributed by atoms with Gasteiger partial charge in [0.05, 0.1) is 27.5 Å². The maximum atomic E-state index is 2.46. The lowest BCUT2D eigenvalue weighted by Gasteiger charge is -2.33. The van der Waals surface area contributed by atoms with E-state index >= 15 is 0 Å². The zero-order valence-corrected chi connectivity index (χ0v) is 31.2. The average molecular weight is 725 g/mol. The predicted molar refractivity (Wildman–Crippen MR) is 238 cm³/mol. The van der Waals surface area contributed by atoms with E-state index in [1.165, 1.54) is 93.8 Å². The third-order valence-corrected chi connectivity index (χ3v) is 12.4. The predicted octanol–water partition coefficient (Wildman–Crippen LogP) is 13.9. The molecule has 0 fully saturated rings. The van der Waals surface area contributed by atoms with Gasteiger partial charge in [-0.1, -0.05) is 158 Å². The monoisotopic (exact) mass is 724 g/mol. The molecule has 11 aromatic rings. The van der Waals surface area contributed by atoms with Crippen LogP contribution in [0.3, 0.4) is 0 Å². The number of para-hydroxylation sites is 3. The molecule has 0 saturated heterocycles. The summed E-state index contributed by atoms with van der Waals surface area (Å²) in [5.41, 5.74) is 16.9. The Hall–Kier alpha value is -7.42. The molecular formula is C55H36N2. The number of hydrogen-bond acceptors (Lipinski definition) is 0. The molecule has 0 bridgehead atoms. The molecule has 0 N–H and O–H groups in total. The molecule has 0 spiro atoms. The van der Waals surface area contributed by atoms with Gasteiger partial charge in [-0.25, -0.2) is 0 Å². The lowest BCUT2D eigenvalue weighted by molar-refractivity contribution is 0.769. The van der Waals surface area contributed by atoms with Crippen molar-refractivity contribution >= 4 is 43.6 Å². The molecule has 0 atom stereocenters. The van der Waals surface area contributed by atoms with Gasteiger partial charge in [-0.05, 0) is 105 Å². The molecule has 9 aromatic carbocycles. The van der Waals surface area contributed by atoms with Gasteiger partial charge in [0.15, 0.2) is 0 Å². The van der Waals surface area contributed by atoms with E-state index in [2.05, 4.69) is 228 Å². The summed E-state index contributed by atoms with van der Waals surface area (Å²) in [4.78, 5) is 0. The smallest absolute Gasteiger partial charge is 0.0713 e. The van der Waals surface area contributed by atoms with Gasteiger partial charge in [-0.2, -0.15) is 0 Å². The van der Waals surface area contributed by atoms with Gasteiger partial charge in [-0.3, -0.25) is 0 Å². The van der Waals surface area contributed by atoms with Gasteiger partial charge < -0.3 is 9.13 Å². The fourth-order valence-electron chi connectivity index (χ4n) is 10.1. The maximum absolute atomic E-state index is 2.46. The highest BCUT2D eigenvalue weighted by Gasteiger charge is 2.47. The van der Waals surface area contributed by atoms with Gasteiger partial charge in [0.1, 0.15) is 0 Å². The highest BCUT2D eigenvalue weighted by atomic mass is 15.0. The van der Waals surface area contributed by atoms with Gasteiger partial charge in [0, 0.05) is 32.9 Å². The van der Waals surface area contributed by atoms with Crippen molar-refractivity contribution in [3.05, 3.63) is 241 Å². The number of aromatic nitrogens is 2. The van der Waals surface area contributed by atoms with Gasteiger partial charge in [0.2, 0.25) is 0 Å². The molecule has 0 amide bonds. The second kappa shape index (κ2) is 12.3. The van der Waals surface area contributed by atoms with Crippen molar-refractivity contribution in [3.63, 3.8) is 0 Å². The second-order valence-corrected chi connectivity index (χ2v) is 15.2. The summed E-state index contributed by atoms with van der Waals surface area (Å²) in [7, 11) is 0. The van der Waals surface area contributed by atoms with Crippen LogP contribution < -0.4 is 0 Å². The van der Waals surface area contributed by atoms with E-state index in [1.807, 2.05) is 0 Å². The molecule has 12 rings (SSSR count). The molecule has 2 nitrogen and oxygen atoms in total. The topological polar surface area (TPSA) is 9.86 Å². The first-order chi connectivity index (χ1) is 28.3. The molecule has 2 aromatic heterocycles. The SMILES string of the molecule is c1ccc(-n2c3ccccc3c3cc(-c4ccc5c(c4)c4c6c(ccc4n5-c4ccccc4)C(c4ccccc4)(c4ccccc4)c4ccccc4-6)ccc32)cc1. The van der Waals surface area contributed by atoms with Crippen molar-refractivity contribution in [2.75, 3.05) is 0 Å². The maximum Gasteiger partial charge on any atom is 0.0713 e. The molecular weight excluding hydrogens is 689 g/mol. The van der Waals surface area contributed by atoms with Gasteiger partial charge in [-0.15, -0.1) is 0 Å². The van der Waals surface area contributed by atoms with E-state index in [9.17, 15) is 0 Å². The van der Waals surface area contributed by atoms with Crippen molar-refractivity contribution in [2.45, 2.75) is 5.41 Å². The molecule has 1 aliphatic rings. The number of nitrogens with zero attached hydrogens (tertiary/aromatic N) is 2. The minimum Gasteiger partial charge on any atom is -0.309 e. The Morgan fingerprint density at radius 3 is 1.44 bits per heavy atom. The highest BCUT2D eigenvalue weighted by Crippen LogP contribution is 2.59. The highest BCUT2D eigenvalue weighted by molar-refractivity contribution is 6.19. The lowest BCUT2D eigenvalue weighted by atomic mass is 9.67. The third-order valence-electron chi connectivity index (χ3n) is 12.4. The fraction of sp³-hybridized carbons (Fsp3) is 0.0182. The zero-order valence-electron chi connectivity index (χ0n) is 31.2. The number of fused-ring (bicyclic) bond motifs is 10. The minimum absolute atomic E-state index is 0.473. The first kappa shape index (κ1) is 31.9. The molecule has 2 heteroatoms. The third kappa shape index (κ3) is 4.47. The number of benzene rings is 9. The van der Waals surface area contributed by atoms with E-state index < -0.39 is 5.41 Å². The molecule has 266 valence electrons. The Kier molecular flexibility index (Phi) is 6.88. The molecule has 0 saturated carbocycles. The van der Waals surface area contributed by atoms with Crippen LogP contribution in [0.15, 0.2) is 218 Å². The molecule has 57 heavy (non-hydrogen) atoms. The van der Waals surface area contributed by atoms with E-state index in [0.29, 0.717) is 0 Å². The summed E-state index contributed by atoms with van der Waals surface area (Å²) in [5.74, 6) is 0. The standard InChI is InChI=1S/C55H36N2/c1-5-17-39(18-6-1)55(40-19-7-2-8-20-40)47-27-15-13-26-44(47)53-48(55)31-34-52-54(53)46-36-38(30-33-51(46)57(52)42-23-11-4-12-24-42)37-29-32-50-45(35-37)43-25-14-16-28-49(43)56(50)41-21-9-3-10-22-41/h1-36H. The second-order valence-electron chi connectivity index (χ2n) is 15.2. The normalized spacial score (nSPS) is 13.1. The van der Waals surface area contributed by atoms with E-state index in [-0.39, 0.29) is 0 Å². The van der Waals surface area contributed by atoms with Crippen LogP contribution in [0, 0.1) is 0 Å². The summed E-state index contributed by atoms with van der Waals surface area (Å²) >= 11 is 0. The summed E-state index contributed by atoms with van der Waals surface area (Å²) < 4.78 is 4.84. The van der Waals surface area contributed by atoms with Crippen LogP contribution in [0.1, 0.15) is 22.3 Å². The molecule has 0 aliphatic heterocycles. The van der Waals surface area contributed by atoms with Crippen LogP contribution in [0.2, 0.25) is 0 Å². The Morgan fingerprint density at radius 2 is 0.789 bits per heavy atom. The summed E-state index contributed by atoms with van der Waals surface area (Å²) in [6.07, 6.45) is 0. The van der Waals surface area contributed by atoms with Crippen LogP contribution >= 0.6 is 0 Å².